The Balaban J connectivity index is 0.00000243. The molecular formula is C22H22ClNO2. The summed E-state index contributed by atoms with van der Waals surface area (Å²) < 4.78 is 5.60. The highest BCUT2D eigenvalue weighted by molar-refractivity contribution is 5.82. The van der Waals surface area contributed by atoms with E-state index in [1.54, 1.807) is 0 Å². The lowest BCUT2D eigenvalue weighted by Gasteiger charge is -2.36. The summed E-state index contributed by atoms with van der Waals surface area (Å²) >= 11 is 0. The number of carbonyl (C=O) groups is 1. The fourth-order valence-corrected chi connectivity index (χ4v) is 3.17. The van der Waals surface area contributed by atoms with Gasteiger partial charge in [0.1, 0.15) is 17.1 Å². The van der Waals surface area contributed by atoms with E-state index in [1.807, 2.05) is 61.5 Å². The standard InChI is InChI=1S/C22H22NO2.ClH/c1-2-25-22(24)18-23(19-12-6-3-7-13-19,20-14-8-4-9-15-20)21-16-10-5-11-17-21;/h3-17H,2,18H2,1H3;1H/q+1;/p-1. The molecule has 3 rings (SSSR count). The third-order valence-corrected chi connectivity index (χ3v) is 4.26. The lowest BCUT2D eigenvalue weighted by Crippen LogP contribution is -3.00. The molecule has 0 radical (unpaired) electrons. The van der Waals surface area contributed by atoms with E-state index in [9.17, 15) is 4.79 Å². The van der Waals surface area contributed by atoms with Crippen LogP contribution >= 0.6 is 0 Å². The van der Waals surface area contributed by atoms with Crippen molar-refractivity contribution in [2.75, 3.05) is 13.2 Å². The number of quaternary nitrogens is 1. The van der Waals surface area contributed by atoms with Crippen LogP contribution in [0.25, 0.3) is 0 Å². The van der Waals surface area contributed by atoms with E-state index in [0.29, 0.717) is 11.1 Å². The maximum atomic E-state index is 12.5. The Kier molecular flexibility index (Phi) is 6.96. The van der Waals surface area contributed by atoms with Crippen molar-refractivity contribution in [3.63, 3.8) is 0 Å². The average molecular weight is 368 g/mol. The molecule has 0 saturated carbocycles. The molecule has 0 bridgehead atoms. The van der Waals surface area contributed by atoms with E-state index in [2.05, 4.69) is 36.4 Å². The second-order valence-corrected chi connectivity index (χ2v) is 5.78. The molecule has 0 fully saturated rings. The van der Waals surface area contributed by atoms with Crippen molar-refractivity contribution in [2.24, 2.45) is 0 Å². The second kappa shape index (κ2) is 9.18. The topological polar surface area (TPSA) is 26.3 Å². The fourth-order valence-electron chi connectivity index (χ4n) is 3.17. The lowest BCUT2D eigenvalue weighted by atomic mass is 10.1. The molecule has 0 aliphatic rings. The van der Waals surface area contributed by atoms with Gasteiger partial charge in [-0.05, 0) is 43.3 Å². The van der Waals surface area contributed by atoms with Gasteiger partial charge in [0.25, 0.3) is 0 Å². The van der Waals surface area contributed by atoms with Gasteiger partial charge in [-0.3, -0.25) is 0 Å². The van der Waals surface area contributed by atoms with Crippen LogP contribution in [0, 0.1) is 0 Å². The van der Waals surface area contributed by atoms with Gasteiger partial charge in [0.05, 0.1) is 6.61 Å². The van der Waals surface area contributed by atoms with Crippen LogP contribution in [0.15, 0.2) is 91.0 Å². The van der Waals surface area contributed by atoms with Crippen molar-refractivity contribution < 1.29 is 21.9 Å². The third-order valence-electron chi connectivity index (χ3n) is 4.26. The molecular weight excluding hydrogens is 346 g/mol. The van der Waals surface area contributed by atoms with Crippen molar-refractivity contribution in [3.8, 4) is 0 Å². The fraction of sp³-hybridized carbons (Fsp3) is 0.136. The number of hydrogen-bond donors (Lipinski definition) is 0. The number of esters is 1. The van der Waals surface area contributed by atoms with Crippen LogP contribution in [-0.4, -0.2) is 19.1 Å². The van der Waals surface area contributed by atoms with E-state index >= 15 is 0 Å². The molecule has 0 aliphatic carbocycles. The Labute approximate surface area is 160 Å². The number of nitrogens with zero attached hydrogens (tertiary/aromatic N) is 1. The normalized spacial score (nSPS) is 10.7. The Morgan fingerprint density at radius 1 is 0.731 bits per heavy atom. The first kappa shape index (κ1) is 19.7. The van der Waals surface area contributed by atoms with Crippen LogP contribution < -0.4 is 16.9 Å². The molecule has 3 aromatic rings. The van der Waals surface area contributed by atoms with E-state index in [-0.39, 0.29) is 24.9 Å². The Hall–Kier alpha value is -2.62. The predicted molar refractivity (Wildman–Crippen MR) is 102 cm³/mol. The van der Waals surface area contributed by atoms with Crippen LogP contribution in [0.3, 0.4) is 0 Å². The molecule has 0 unspecified atom stereocenters. The van der Waals surface area contributed by atoms with Crippen LogP contribution in [-0.2, 0) is 9.53 Å². The molecule has 0 aliphatic heterocycles. The predicted octanol–water partition coefficient (Wildman–Crippen LogP) is 2.22. The van der Waals surface area contributed by atoms with Crippen molar-refractivity contribution in [2.45, 2.75) is 6.92 Å². The number of halogens is 1. The van der Waals surface area contributed by atoms with Gasteiger partial charge >= 0.3 is 5.97 Å². The molecule has 4 heteroatoms. The zero-order valence-electron chi connectivity index (χ0n) is 14.7. The molecule has 0 aromatic heterocycles. The molecule has 26 heavy (non-hydrogen) atoms. The van der Waals surface area contributed by atoms with E-state index in [0.717, 1.165) is 17.1 Å². The number of para-hydroxylation sites is 3. The zero-order chi connectivity index (χ0) is 17.5. The molecule has 0 saturated heterocycles. The van der Waals surface area contributed by atoms with Gasteiger partial charge in [0.2, 0.25) is 0 Å². The summed E-state index contributed by atoms with van der Waals surface area (Å²) in [5.74, 6) is -0.223. The Morgan fingerprint density at radius 3 is 1.38 bits per heavy atom. The van der Waals surface area contributed by atoms with Gasteiger partial charge in [0, 0.05) is 0 Å². The molecule has 0 N–H and O–H groups in total. The van der Waals surface area contributed by atoms with Crippen molar-refractivity contribution in [1.82, 2.24) is 4.48 Å². The molecule has 134 valence electrons. The number of hydrogen-bond acceptors (Lipinski definition) is 2. The summed E-state index contributed by atoms with van der Waals surface area (Å²) in [6, 6.07) is 30.3. The second-order valence-electron chi connectivity index (χ2n) is 5.78. The molecule has 0 atom stereocenters. The van der Waals surface area contributed by atoms with Gasteiger partial charge in [-0.25, -0.2) is 9.28 Å². The molecule has 0 spiro atoms. The van der Waals surface area contributed by atoms with E-state index < -0.39 is 0 Å². The van der Waals surface area contributed by atoms with Crippen molar-refractivity contribution in [3.05, 3.63) is 91.0 Å². The molecule has 0 heterocycles. The summed E-state index contributed by atoms with van der Waals surface area (Å²) in [5, 5.41) is 0. The Bertz CT molecular complexity index is 711. The lowest BCUT2D eigenvalue weighted by molar-refractivity contribution is -0.142. The van der Waals surface area contributed by atoms with Crippen LogP contribution in [0.5, 0.6) is 0 Å². The summed E-state index contributed by atoms with van der Waals surface area (Å²) in [7, 11) is 0. The van der Waals surface area contributed by atoms with Gasteiger partial charge in [-0.2, -0.15) is 0 Å². The molecule has 3 nitrogen and oxygen atoms in total. The average Bonchev–Trinajstić information content (AvgIpc) is 2.68. The summed E-state index contributed by atoms with van der Waals surface area (Å²) in [4.78, 5) is 12.5. The highest BCUT2D eigenvalue weighted by atomic mass is 35.5. The van der Waals surface area contributed by atoms with Gasteiger partial charge in [-0.1, -0.05) is 54.6 Å². The zero-order valence-corrected chi connectivity index (χ0v) is 15.5. The maximum absolute atomic E-state index is 12.5. The summed E-state index contributed by atoms with van der Waals surface area (Å²) in [6.07, 6.45) is 0. The van der Waals surface area contributed by atoms with Gasteiger partial charge in [0.15, 0.2) is 6.54 Å². The molecule has 0 amide bonds. The number of carbonyl (C=O) groups excluding carboxylic acids is 1. The number of ether oxygens (including phenoxy) is 1. The highest BCUT2D eigenvalue weighted by Crippen LogP contribution is 2.43. The largest absolute Gasteiger partial charge is 1.00 e. The number of rotatable bonds is 6. The third kappa shape index (κ3) is 3.96. The minimum atomic E-state index is -0.223. The summed E-state index contributed by atoms with van der Waals surface area (Å²) in [5.41, 5.74) is 3.06. The quantitative estimate of drug-likeness (QED) is 0.493. The maximum Gasteiger partial charge on any atom is 0.363 e. The van der Waals surface area contributed by atoms with Crippen molar-refractivity contribution >= 4 is 23.0 Å². The Morgan fingerprint density at radius 2 is 1.08 bits per heavy atom. The first-order chi connectivity index (χ1) is 12.3. The summed E-state index contributed by atoms with van der Waals surface area (Å²) in [6.45, 7) is 2.41. The smallest absolute Gasteiger partial charge is 0.363 e. The van der Waals surface area contributed by atoms with Crippen LogP contribution in [0.2, 0.25) is 0 Å². The highest BCUT2D eigenvalue weighted by Gasteiger charge is 2.39. The number of benzene rings is 3. The first-order valence-corrected chi connectivity index (χ1v) is 8.48. The first-order valence-electron chi connectivity index (χ1n) is 8.48. The van der Waals surface area contributed by atoms with Gasteiger partial charge in [-0.15, -0.1) is 0 Å². The van der Waals surface area contributed by atoms with E-state index in [4.69, 9.17) is 4.74 Å². The van der Waals surface area contributed by atoms with Crippen LogP contribution in [0.1, 0.15) is 6.92 Å². The van der Waals surface area contributed by atoms with Gasteiger partial charge < -0.3 is 17.1 Å². The monoisotopic (exact) mass is 367 g/mol. The SMILES string of the molecule is CCOC(=O)C[N+](c1ccccc1)(c1ccccc1)c1ccccc1.[Cl-]. The minimum absolute atomic E-state index is 0. The molecule has 3 aromatic carbocycles. The minimum Gasteiger partial charge on any atom is -1.00 e. The van der Waals surface area contributed by atoms with Crippen LogP contribution in [0.4, 0.5) is 17.1 Å². The van der Waals surface area contributed by atoms with E-state index in [1.165, 1.54) is 0 Å². The van der Waals surface area contributed by atoms with Crippen molar-refractivity contribution in [1.29, 1.82) is 0 Å².